The van der Waals surface area contributed by atoms with Crippen molar-refractivity contribution < 1.29 is 9.59 Å². The van der Waals surface area contributed by atoms with Gasteiger partial charge in [-0.2, -0.15) is 0 Å². The molecule has 0 aliphatic carbocycles. The first-order valence-corrected chi connectivity index (χ1v) is 9.72. The van der Waals surface area contributed by atoms with Gasteiger partial charge in [0.25, 0.3) is 5.91 Å². The molecule has 0 aromatic heterocycles. The second kappa shape index (κ2) is 7.64. The third kappa shape index (κ3) is 3.60. The van der Waals surface area contributed by atoms with Crippen LogP contribution < -0.4 is 10.2 Å². The topological polar surface area (TPSA) is 55.9 Å². The third-order valence-corrected chi connectivity index (χ3v) is 5.63. The van der Waals surface area contributed by atoms with Gasteiger partial charge in [0.2, 0.25) is 5.91 Å². The van der Waals surface area contributed by atoms with E-state index >= 15 is 0 Å². The molecule has 1 saturated heterocycles. The predicted molar refractivity (Wildman–Crippen MR) is 111 cm³/mol. The first kappa shape index (κ1) is 18.5. The smallest absolute Gasteiger partial charge is 0.254 e. The number of benzene rings is 2. The number of carbonyl (C=O) groups is 2. The molecule has 2 aliphatic heterocycles. The minimum Gasteiger partial charge on any atom is -0.372 e. The number of hydrogen-bond acceptors (Lipinski definition) is 4. The molecule has 2 aliphatic rings. The van der Waals surface area contributed by atoms with Gasteiger partial charge in [-0.25, -0.2) is 0 Å². The Kier molecular flexibility index (Phi) is 5.05. The summed E-state index contributed by atoms with van der Waals surface area (Å²) in [4.78, 5) is 31.7. The molecule has 2 aromatic rings. The van der Waals surface area contributed by atoms with E-state index in [0.717, 1.165) is 24.3 Å². The number of nitrogens with one attached hydrogen (secondary N) is 1. The zero-order valence-electron chi connectivity index (χ0n) is 16.4. The zero-order valence-corrected chi connectivity index (χ0v) is 16.4. The number of likely N-dealkylation sites (N-methyl/N-ethyl adjacent to an activating group) is 1. The van der Waals surface area contributed by atoms with E-state index in [0.29, 0.717) is 30.8 Å². The lowest BCUT2D eigenvalue weighted by Gasteiger charge is -2.40. The molecule has 6 nitrogen and oxygen atoms in total. The van der Waals surface area contributed by atoms with Gasteiger partial charge >= 0.3 is 0 Å². The minimum atomic E-state index is -0.0167. The van der Waals surface area contributed by atoms with Crippen LogP contribution in [-0.2, 0) is 4.79 Å². The number of nitrogens with zero attached hydrogens (tertiary/aromatic N) is 3. The summed E-state index contributed by atoms with van der Waals surface area (Å²) >= 11 is 0. The molecule has 0 unspecified atom stereocenters. The SMILES string of the molecule is CN1CCN(C(=O)c2ccc3c(c2)NC(=O)CCN3C)[C@@H](c2ccccc2)C1. The van der Waals surface area contributed by atoms with E-state index in [4.69, 9.17) is 0 Å². The van der Waals surface area contributed by atoms with Gasteiger partial charge < -0.3 is 20.0 Å². The van der Waals surface area contributed by atoms with Crippen molar-refractivity contribution in [3.63, 3.8) is 0 Å². The van der Waals surface area contributed by atoms with Crippen LogP contribution >= 0.6 is 0 Å². The van der Waals surface area contributed by atoms with Gasteiger partial charge in [0.15, 0.2) is 0 Å². The number of rotatable bonds is 2. The molecule has 0 spiro atoms. The fraction of sp³-hybridized carbons (Fsp3) is 0.364. The van der Waals surface area contributed by atoms with Gasteiger partial charge in [-0.3, -0.25) is 9.59 Å². The van der Waals surface area contributed by atoms with Crippen molar-refractivity contribution in [1.29, 1.82) is 0 Å². The molecule has 146 valence electrons. The summed E-state index contributed by atoms with van der Waals surface area (Å²) < 4.78 is 0. The maximum absolute atomic E-state index is 13.4. The quantitative estimate of drug-likeness (QED) is 0.873. The normalized spacial score (nSPS) is 20.4. The maximum Gasteiger partial charge on any atom is 0.254 e. The van der Waals surface area contributed by atoms with Crippen LogP contribution in [0, 0.1) is 0 Å². The van der Waals surface area contributed by atoms with E-state index < -0.39 is 0 Å². The van der Waals surface area contributed by atoms with Crippen molar-refractivity contribution >= 4 is 23.2 Å². The van der Waals surface area contributed by atoms with E-state index in [2.05, 4.69) is 29.4 Å². The first-order chi connectivity index (χ1) is 13.5. The Balaban J connectivity index is 1.65. The Hall–Kier alpha value is -2.86. The Bertz CT molecular complexity index is 883. The van der Waals surface area contributed by atoms with E-state index in [-0.39, 0.29) is 17.9 Å². The molecule has 2 heterocycles. The van der Waals surface area contributed by atoms with E-state index in [9.17, 15) is 9.59 Å². The lowest BCUT2D eigenvalue weighted by Crippen LogP contribution is -2.49. The molecule has 1 atom stereocenters. The molecule has 0 saturated carbocycles. The molecule has 28 heavy (non-hydrogen) atoms. The first-order valence-electron chi connectivity index (χ1n) is 9.72. The van der Waals surface area contributed by atoms with Crippen LogP contribution in [-0.4, -0.2) is 61.9 Å². The van der Waals surface area contributed by atoms with Gasteiger partial charge in [-0.05, 0) is 30.8 Å². The highest BCUT2D eigenvalue weighted by Crippen LogP contribution is 2.31. The predicted octanol–water partition coefficient (Wildman–Crippen LogP) is 2.59. The zero-order chi connectivity index (χ0) is 19.7. The molecule has 6 heteroatoms. The molecular formula is C22H26N4O2. The summed E-state index contributed by atoms with van der Waals surface area (Å²) in [5, 5.41) is 2.94. The highest BCUT2D eigenvalue weighted by atomic mass is 16.2. The van der Waals surface area contributed by atoms with Gasteiger partial charge in [-0.15, -0.1) is 0 Å². The van der Waals surface area contributed by atoms with E-state index in [1.807, 2.05) is 53.2 Å². The fourth-order valence-electron chi connectivity index (χ4n) is 3.99. The summed E-state index contributed by atoms with van der Waals surface area (Å²) in [5.41, 5.74) is 3.41. The van der Waals surface area contributed by atoms with Crippen LogP contribution in [0.4, 0.5) is 11.4 Å². The number of hydrogen-bond donors (Lipinski definition) is 1. The highest BCUT2D eigenvalue weighted by molar-refractivity contribution is 6.01. The van der Waals surface area contributed by atoms with Crippen LogP contribution in [0.2, 0.25) is 0 Å². The lowest BCUT2D eigenvalue weighted by atomic mass is 10.0. The van der Waals surface area contributed by atoms with Crippen molar-refractivity contribution in [3.05, 3.63) is 59.7 Å². The number of fused-ring (bicyclic) bond motifs is 1. The maximum atomic E-state index is 13.4. The lowest BCUT2D eigenvalue weighted by molar-refractivity contribution is -0.115. The molecule has 2 aromatic carbocycles. The van der Waals surface area contributed by atoms with Crippen molar-refractivity contribution in [2.45, 2.75) is 12.5 Å². The summed E-state index contributed by atoms with van der Waals surface area (Å²) in [7, 11) is 4.05. The largest absolute Gasteiger partial charge is 0.372 e. The number of amides is 2. The van der Waals surface area contributed by atoms with Crippen molar-refractivity contribution in [2.75, 3.05) is 50.5 Å². The minimum absolute atomic E-state index is 0.00546. The Labute approximate surface area is 165 Å². The van der Waals surface area contributed by atoms with Crippen molar-refractivity contribution in [1.82, 2.24) is 9.80 Å². The molecule has 1 fully saturated rings. The molecule has 0 bridgehead atoms. The number of piperazine rings is 1. The second-order valence-corrected chi connectivity index (χ2v) is 7.64. The van der Waals surface area contributed by atoms with E-state index in [1.165, 1.54) is 0 Å². The summed E-state index contributed by atoms with van der Waals surface area (Å²) in [6.07, 6.45) is 0.447. The molecular weight excluding hydrogens is 352 g/mol. The average molecular weight is 378 g/mol. The molecule has 4 rings (SSSR count). The van der Waals surface area contributed by atoms with Gasteiger partial charge in [0.1, 0.15) is 0 Å². The van der Waals surface area contributed by atoms with Crippen LogP contribution in [0.5, 0.6) is 0 Å². The highest BCUT2D eigenvalue weighted by Gasteiger charge is 2.31. The summed E-state index contributed by atoms with van der Waals surface area (Å²) in [6.45, 7) is 3.00. The van der Waals surface area contributed by atoms with Crippen LogP contribution in [0.15, 0.2) is 48.5 Å². The summed E-state index contributed by atoms with van der Waals surface area (Å²) in [6, 6.07) is 15.8. The number of anilines is 2. The molecule has 0 radical (unpaired) electrons. The van der Waals surface area contributed by atoms with Gasteiger partial charge in [0, 0.05) is 45.2 Å². The third-order valence-electron chi connectivity index (χ3n) is 5.63. The van der Waals surface area contributed by atoms with Gasteiger partial charge in [-0.1, -0.05) is 30.3 Å². The molecule has 2 amide bonds. The fourth-order valence-corrected chi connectivity index (χ4v) is 3.99. The number of carbonyl (C=O) groups excluding carboxylic acids is 2. The molecule has 1 N–H and O–H groups in total. The Morgan fingerprint density at radius 1 is 1.04 bits per heavy atom. The van der Waals surface area contributed by atoms with Crippen molar-refractivity contribution in [2.24, 2.45) is 0 Å². The standard InChI is InChI=1S/C22H26N4O2/c1-24-12-13-26(20(15-24)16-6-4-3-5-7-16)22(28)17-8-9-19-18(14-17)23-21(27)10-11-25(19)2/h3-9,14,20H,10-13,15H2,1-2H3,(H,23,27)/t20-/m1/s1. The Morgan fingerprint density at radius 2 is 1.82 bits per heavy atom. The summed E-state index contributed by atoms with van der Waals surface area (Å²) in [5.74, 6) is -0.0112. The van der Waals surface area contributed by atoms with Gasteiger partial charge in [0.05, 0.1) is 17.4 Å². The average Bonchev–Trinajstić information content (AvgIpc) is 2.85. The second-order valence-electron chi connectivity index (χ2n) is 7.64. The Morgan fingerprint density at radius 3 is 2.61 bits per heavy atom. The van der Waals surface area contributed by atoms with Crippen LogP contribution in [0.3, 0.4) is 0 Å². The van der Waals surface area contributed by atoms with E-state index in [1.54, 1.807) is 0 Å². The van der Waals surface area contributed by atoms with Crippen molar-refractivity contribution in [3.8, 4) is 0 Å². The van der Waals surface area contributed by atoms with Crippen LogP contribution in [0.1, 0.15) is 28.4 Å². The van der Waals surface area contributed by atoms with Crippen LogP contribution in [0.25, 0.3) is 0 Å². The monoisotopic (exact) mass is 378 g/mol.